The molecule has 74 valence electrons. The fraction of sp³-hybridized carbons (Fsp3) is 0.833. The van der Waals surface area contributed by atoms with Crippen LogP contribution in [0.2, 0.25) is 0 Å². The highest BCUT2D eigenvalue weighted by Gasteiger charge is 2.25. The summed E-state index contributed by atoms with van der Waals surface area (Å²) < 4.78 is 0. The summed E-state index contributed by atoms with van der Waals surface area (Å²) in [6, 6.07) is 0.717. The summed E-state index contributed by atoms with van der Waals surface area (Å²) in [4.78, 5) is 0. The van der Waals surface area contributed by atoms with Crippen LogP contribution >= 0.6 is 0 Å². The molecule has 1 nitrogen and oxygen atoms in total. The van der Waals surface area contributed by atoms with E-state index in [1.54, 1.807) is 0 Å². The summed E-state index contributed by atoms with van der Waals surface area (Å²) in [6.07, 6.45) is 5.34. The van der Waals surface area contributed by atoms with E-state index >= 15 is 0 Å². The Hall–Kier alpha value is -0.480. The SMILES string of the molecule is CC#CCNC1CCC(C)(C)CC1. The van der Waals surface area contributed by atoms with Crippen molar-refractivity contribution in [1.29, 1.82) is 0 Å². The van der Waals surface area contributed by atoms with Crippen LogP contribution in [0.1, 0.15) is 46.5 Å². The van der Waals surface area contributed by atoms with Gasteiger partial charge < -0.3 is 5.32 Å². The Morgan fingerprint density at radius 2 is 1.92 bits per heavy atom. The standard InChI is InChI=1S/C12H21N/c1-4-5-10-13-11-6-8-12(2,3)9-7-11/h11,13H,6-10H2,1-3H3. The number of hydrogen-bond donors (Lipinski definition) is 1. The lowest BCUT2D eigenvalue weighted by atomic mass is 9.75. The molecule has 0 radical (unpaired) electrons. The van der Waals surface area contributed by atoms with Crippen molar-refractivity contribution in [2.75, 3.05) is 6.54 Å². The summed E-state index contributed by atoms with van der Waals surface area (Å²) in [5.74, 6) is 5.97. The molecule has 0 aliphatic heterocycles. The molecule has 0 saturated heterocycles. The van der Waals surface area contributed by atoms with Gasteiger partial charge in [-0.1, -0.05) is 19.8 Å². The van der Waals surface area contributed by atoms with Crippen molar-refractivity contribution in [3.8, 4) is 11.8 Å². The third-order valence-electron chi connectivity index (χ3n) is 3.00. The molecule has 1 rings (SSSR count). The second-order valence-electron chi connectivity index (χ2n) is 4.75. The second kappa shape index (κ2) is 4.67. The predicted molar refractivity (Wildman–Crippen MR) is 57.5 cm³/mol. The van der Waals surface area contributed by atoms with Gasteiger partial charge in [0.1, 0.15) is 0 Å². The molecule has 13 heavy (non-hydrogen) atoms. The zero-order chi connectivity index (χ0) is 9.73. The van der Waals surface area contributed by atoms with Crippen molar-refractivity contribution in [2.45, 2.75) is 52.5 Å². The first-order valence-electron chi connectivity index (χ1n) is 5.27. The van der Waals surface area contributed by atoms with Crippen LogP contribution in [-0.2, 0) is 0 Å². The number of hydrogen-bond acceptors (Lipinski definition) is 1. The lowest BCUT2D eigenvalue weighted by molar-refractivity contribution is 0.209. The molecule has 0 bridgehead atoms. The van der Waals surface area contributed by atoms with Crippen molar-refractivity contribution < 1.29 is 0 Å². The topological polar surface area (TPSA) is 12.0 Å². The lowest BCUT2D eigenvalue weighted by Gasteiger charge is -2.34. The smallest absolute Gasteiger partial charge is 0.0578 e. The molecule has 1 saturated carbocycles. The third-order valence-corrected chi connectivity index (χ3v) is 3.00. The van der Waals surface area contributed by atoms with Gasteiger partial charge in [-0.25, -0.2) is 0 Å². The maximum absolute atomic E-state index is 3.49. The first-order valence-corrected chi connectivity index (χ1v) is 5.27. The Kier molecular flexibility index (Phi) is 3.81. The van der Waals surface area contributed by atoms with Crippen LogP contribution < -0.4 is 5.32 Å². The van der Waals surface area contributed by atoms with E-state index in [9.17, 15) is 0 Å². The molecule has 0 heterocycles. The maximum Gasteiger partial charge on any atom is 0.0578 e. The summed E-state index contributed by atoms with van der Waals surface area (Å²) >= 11 is 0. The molecule has 0 atom stereocenters. The molecule has 0 amide bonds. The maximum atomic E-state index is 3.49. The number of nitrogens with one attached hydrogen (secondary N) is 1. The molecule has 1 aliphatic rings. The highest BCUT2D eigenvalue weighted by molar-refractivity contribution is 4.98. The Bertz CT molecular complexity index is 197. The van der Waals surface area contributed by atoms with E-state index in [-0.39, 0.29) is 0 Å². The van der Waals surface area contributed by atoms with E-state index in [0.29, 0.717) is 11.5 Å². The average Bonchev–Trinajstić information content (AvgIpc) is 2.08. The third kappa shape index (κ3) is 3.83. The summed E-state index contributed by atoms with van der Waals surface area (Å²) in [5.41, 5.74) is 0.578. The van der Waals surface area contributed by atoms with E-state index in [2.05, 4.69) is 31.0 Å². The van der Waals surface area contributed by atoms with E-state index in [1.807, 2.05) is 6.92 Å². The minimum Gasteiger partial charge on any atom is -0.303 e. The normalized spacial score (nSPS) is 22.1. The van der Waals surface area contributed by atoms with Gasteiger partial charge in [0, 0.05) is 6.04 Å². The van der Waals surface area contributed by atoms with Crippen molar-refractivity contribution in [3.05, 3.63) is 0 Å². The molecule has 0 aromatic rings. The van der Waals surface area contributed by atoms with Gasteiger partial charge in [0.2, 0.25) is 0 Å². The summed E-state index contributed by atoms with van der Waals surface area (Å²) in [6.45, 7) is 7.50. The zero-order valence-electron chi connectivity index (χ0n) is 9.11. The first kappa shape index (κ1) is 10.6. The quantitative estimate of drug-likeness (QED) is 0.642. The minimum atomic E-state index is 0.578. The molecule has 0 spiro atoms. The van der Waals surface area contributed by atoms with E-state index in [1.165, 1.54) is 25.7 Å². The summed E-state index contributed by atoms with van der Waals surface area (Å²) in [7, 11) is 0. The Morgan fingerprint density at radius 1 is 1.31 bits per heavy atom. The monoisotopic (exact) mass is 179 g/mol. The van der Waals surface area contributed by atoms with Crippen molar-refractivity contribution >= 4 is 0 Å². The van der Waals surface area contributed by atoms with Gasteiger partial charge in [-0.15, -0.1) is 5.92 Å². The molecular weight excluding hydrogens is 158 g/mol. The molecular formula is C12H21N. The van der Waals surface area contributed by atoms with Crippen LogP contribution in [0.25, 0.3) is 0 Å². The lowest BCUT2D eigenvalue weighted by Crippen LogP contribution is -2.35. The number of rotatable bonds is 2. The van der Waals surface area contributed by atoms with Gasteiger partial charge in [0.25, 0.3) is 0 Å². The molecule has 0 unspecified atom stereocenters. The Morgan fingerprint density at radius 3 is 2.46 bits per heavy atom. The van der Waals surface area contributed by atoms with Gasteiger partial charge in [0.05, 0.1) is 6.54 Å². The van der Waals surface area contributed by atoms with E-state index < -0.39 is 0 Å². The molecule has 0 aromatic heterocycles. The van der Waals surface area contributed by atoms with Gasteiger partial charge in [-0.05, 0) is 38.0 Å². The van der Waals surface area contributed by atoms with Crippen LogP contribution in [0.4, 0.5) is 0 Å². The largest absolute Gasteiger partial charge is 0.303 e. The fourth-order valence-electron chi connectivity index (χ4n) is 1.89. The Labute approximate surface area is 82.3 Å². The first-order chi connectivity index (χ1) is 6.14. The molecule has 1 aliphatic carbocycles. The van der Waals surface area contributed by atoms with E-state index in [4.69, 9.17) is 0 Å². The Balaban J connectivity index is 2.20. The van der Waals surface area contributed by atoms with E-state index in [0.717, 1.165) is 6.54 Å². The van der Waals surface area contributed by atoms with Crippen molar-refractivity contribution in [1.82, 2.24) is 5.32 Å². The van der Waals surface area contributed by atoms with Crippen LogP contribution in [-0.4, -0.2) is 12.6 Å². The second-order valence-corrected chi connectivity index (χ2v) is 4.75. The van der Waals surface area contributed by atoms with Gasteiger partial charge in [0.15, 0.2) is 0 Å². The van der Waals surface area contributed by atoms with Gasteiger partial charge >= 0.3 is 0 Å². The van der Waals surface area contributed by atoms with Crippen LogP contribution in [0.5, 0.6) is 0 Å². The van der Waals surface area contributed by atoms with Crippen LogP contribution in [0.3, 0.4) is 0 Å². The highest BCUT2D eigenvalue weighted by atomic mass is 14.9. The van der Waals surface area contributed by atoms with Gasteiger partial charge in [-0.2, -0.15) is 0 Å². The highest BCUT2D eigenvalue weighted by Crippen LogP contribution is 2.34. The molecule has 1 heteroatoms. The molecule has 0 aromatic carbocycles. The molecule has 1 N–H and O–H groups in total. The van der Waals surface area contributed by atoms with Crippen LogP contribution in [0.15, 0.2) is 0 Å². The van der Waals surface area contributed by atoms with Crippen molar-refractivity contribution in [3.63, 3.8) is 0 Å². The van der Waals surface area contributed by atoms with Crippen LogP contribution in [0, 0.1) is 17.3 Å². The van der Waals surface area contributed by atoms with Crippen molar-refractivity contribution in [2.24, 2.45) is 5.41 Å². The zero-order valence-corrected chi connectivity index (χ0v) is 9.11. The predicted octanol–water partition coefficient (Wildman–Crippen LogP) is 2.57. The molecule has 1 fully saturated rings. The van der Waals surface area contributed by atoms with Gasteiger partial charge in [-0.3, -0.25) is 0 Å². The summed E-state index contributed by atoms with van der Waals surface area (Å²) in [5, 5.41) is 3.49. The minimum absolute atomic E-state index is 0.578. The average molecular weight is 179 g/mol. The fourth-order valence-corrected chi connectivity index (χ4v) is 1.89.